The standard InChI is InChI=1S/C12H10N2O3/c15-12-8-4-1-2-5-9(8)13-11(14(12)16)10-6-3-7-17-10/h1-7,11,13,16H/t11-/m1/s1. The van der Waals surface area contributed by atoms with E-state index >= 15 is 0 Å². The van der Waals surface area contributed by atoms with Crippen molar-refractivity contribution in [3.8, 4) is 0 Å². The van der Waals surface area contributed by atoms with Crippen LogP contribution in [0.25, 0.3) is 0 Å². The van der Waals surface area contributed by atoms with Gasteiger partial charge >= 0.3 is 0 Å². The molecule has 1 aliphatic heterocycles. The van der Waals surface area contributed by atoms with E-state index in [4.69, 9.17) is 4.42 Å². The number of hydrogen-bond acceptors (Lipinski definition) is 4. The molecule has 0 radical (unpaired) electrons. The molecule has 2 aromatic rings. The van der Waals surface area contributed by atoms with Gasteiger partial charge in [-0.05, 0) is 24.3 Å². The summed E-state index contributed by atoms with van der Waals surface area (Å²) in [4.78, 5) is 11.9. The van der Waals surface area contributed by atoms with E-state index in [0.717, 1.165) is 0 Å². The summed E-state index contributed by atoms with van der Waals surface area (Å²) in [6, 6.07) is 10.4. The lowest BCUT2D eigenvalue weighted by Crippen LogP contribution is -2.40. The Hall–Kier alpha value is -2.27. The molecular formula is C12H10N2O3. The van der Waals surface area contributed by atoms with E-state index in [2.05, 4.69) is 5.32 Å². The average molecular weight is 230 g/mol. The smallest absolute Gasteiger partial charge is 0.281 e. The molecule has 0 spiro atoms. The van der Waals surface area contributed by atoms with E-state index in [9.17, 15) is 10.0 Å². The highest BCUT2D eigenvalue weighted by Crippen LogP contribution is 2.31. The van der Waals surface area contributed by atoms with Gasteiger partial charge < -0.3 is 9.73 Å². The fourth-order valence-electron chi connectivity index (χ4n) is 1.88. The van der Waals surface area contributed by atoms with Gasteiger partial charge in [0, 0.05) is 5.69 Å². The number of hydrogen-bond donors (Lipinski definition) is 2. The first-order valence-corrected chi connectivity index (χ1v) is 5.19. The van der Waals surface area contributed by atoms with Crippen LogP contribution >= 0.6 is 0 Å². The fourth-order valence-corrected chi connectivity index (χ4v) is 1.88. The van der Waals surface area contributed by atoms with E-state index in [1.165, 1.54) is 6.26 Å². The van der Waals surface area contributed by atoms with E-state index < -0.39 is 12.1 Å². The van der Waals surface area contributed by atoms with Crippen molar-refractivity contribution in [2.45, 2.75) is 6.17 Å². The van der Waals surface area contributed by atoms with Crippen molar-refractivity contribution in [2.24, 2.45) is 0 Å². The van der Waals surface area contributed by atoms with Crippen LogP contribution in [0.3, 0.4) is 0 Å². The molecule has 1 aromatic heterocycles. The summed E-state index contributed by atoms with van der Waals surface area (Å²) in [7, 11) is 0. The molecule has 1 aliphatic rings. The van der Waals surface area contributed by atoms with E-state index in [1.807, 2.05) is 6.07 Å². The molecule has 1 atom stereocenters. The zero-order valence-electron chi connectivity index (χ0n) is 8.83. The SMILES string of the molecule is O=C1c2ccccc2N[C@@H](c2ccco2)N1O. The molecule has 5 heteroatoms. The summed E-state index contributed by atoms with van der Waals surface area (Å²) < 4.78 is 5.19. The molecule has 1 aromatic carbocycles. The lowest BCUT2D eigenvalue weighted by Gasteiger charge is -2.31. The van der Waals surface area contributed by atoms with Gasteiger partial charge in [0.15, 0.2) is 6.17 Å². The number of hydroxylamine groups is 2. The van der Waals surface area contributed by atoms with Crippen molar-refractivity contribution in [3.63, 3.8) is 0 Å². The minimum absolute atomic E-state index is 0.442. The summed E-state index contributed by atoms with van der Waals surface area (Å²) >= 11 is 0. The molecule has 0 fully saturated rings. The molecule has 0 unspecified atom stereocenters. The first-order chi connectivity index (χ1) is 8.27. The van der Waals surface area contributed by atoms with Crippen LogP contribution in [0, 0.1) is 0 Å². The molecule has 86 valence electrons. The Labute approximate surface area is 97.2 Å². The zero-order valence-corrected chi connectivity index (χ0v) is 8.83. The van der Waals surface area contributed by atoms with E-state index in [0.29, 0.717) is 22.1 Å². The molecule has 0 saturated carbocycles. The van der Waals surface area contributed by atoms with Crippen LogP contribution in [0.2, 0.25) is 0 Å². The van der Waals surface area contributed by atoms with Gasteiger partial charge in [-0.2, -0.15) is 5.06 Å². The van der Waals surface area contributed by atoms with Gasteiger partial charge in [-0.25, -0.2) is 0 Å². The second-order valence-electron chi connectivity index (χ2n) is 3.76. The van der Waals surface area contributed by atoms with Crippen LogP contribution < -0.4 is 5.32 Å². The number of nitrogens with one attached hydrogen (secondary N) is 1. The number of furan rings is 1. The van der Waals surface area contributed by atoms with Crippen molar-refractivity contribution in [3.05, 3.63) is 54.0 Å². The highest BCUT2D eigenvalue weighted by atomic mass is 16.5. The fraction of sp³-hybridized carbons (Fsp3) is 0.0833. The molecule has 0 saturated heterocycles. The number of fused-ring (bicyclic) bond motifs is 1. The van der Waals surface area contributed by atoms with Crippen molar-refractivity contribution in [2.75, 3.05) is 5.32 Å². The maximum atomic E-state index is 11.9. The Morgan fingerprint density at radius 1 is 1.24 bits per heavy atom. The van der Waals surface area contributed by atoms with Crippen molar-refractivity contribution < 1.29 is 14.4 Å². The second-order valence-corrected chi connectivity index (χ2v) is 3.76. The number of benzene rings is 1. The Morgan fingerprint density at radius 2 is 2.06 bits per heavy atom. The van der Waals surface area contributed by atoms with E-state index in [-0.39, 0.29) is 0 Å². The summed E-state index contributed by atoms with van der Waals surface area (Å²) in [6.45, 7) is 0. The van der Waals surface area contributed by atoms with Crippen LogP contribution in [-0.2, 0) is 0 Å². The normalized spacial score (nSPS) is 18.8. The molecule has 3 rings (SSSR count). The Balaban J connectivity index is 2.05. The van der Waals surface area contributed by atoms with Crippen molar-refractivity contribution >= 4 is 11.6 Å². The lowest BCUT2D eigenvalue weighted by atomic mass is 10.1. The first-order valence-electron chi connectivity index (χ1n) is 5.19. The van der Waals surface area contributed by atoms with Gasteiger partial charge in [0.05, 0.1) is 11.8 Å². The molecule has 5 nitrogen and oxygen atoms in total. The van der Waals surface area contributed by atoms with Gasteiger partial charge in [-0.3, -0.25) is 10.0 Å². The first kappa shape index (κ1) is 9.92. The predicted molar refractivity (Wildman–Crippen MR) is 59.5 cm³/mol. The number of amides is 1. The Bertz CT molecular complexity index is 551. The van der Waals surface area contributed by atoms with Crippen LogP contribution in [0.5, 0.6) is 0 Å². The molecule has 0 aliphatic carbocycles. The average Bonchev–Trinajstić information content (AvgIpc) is 2.87. The topological polar surface area (TPSA) is 65.7 Å². The maximum Gasteiger partial charge on any atom is 0.281 e. The third kappa shape index (κ3) is 1.48. The molecule has 2 N–H and O–H groups in total. The zero-order chi connectivity index (χ0) is 11.8. The molecule has 0 bridgehead atoms. The molecule has 17 heavy (non-hydrogen) atoms. The summed E-state index contributed by atoms with van der Waals surface area (Å²) in [6.07, 6.45) is 0.808. The summed E-state index contributed by atoms with van der Waals surface area (Å²) in [5.74, 6) is 0.0381. The number of nitrogens with zero attached hydrogens (tertiary/aromatic N) is 1. The quantitative estimate of drug-likeness (QED) is 0.737. The number of anilines is 1. The minimum Gasteiger partial charge on any atom is -0.465 e. The second kappa shape index (κ2) is 3.64. The van der Waals surface area contributed by atoms with Crippen LogP contribution in [0.1, 0.15) is 22.3 Å². The third-order valence-corrected chi connectivity index (χ3v) is 2.72. The molecular weight excluding hydrogens is 220 g/mol. The largest absolute Gasteiger partial charge is 0.465 e. The number of para-hydroxylation sites is 1. The number of carbonyl (C=O) groups is 1. The minimum atomic E-state index is -0.688. The Kier molecular flexibility index (Phi) is 2.12. The van der Waals surface area contributed by atoms with Gasteiger partial charge in [0.25, 0.3) is 5.91 Å². The van der Waals surface area contributed by atoms with Crippen LogP contribution in [-0.4, -0.2) is 16.2 Å². The third-order valence-electron chi connectivity index (χ3n) is 2.72. The highest BCUT2D eigenvalue weighted by Gasteiger charge is 2.33. The lowest BCUT2D eigenvalue weighted by molar-refractivity contribution is -0.0894. The van der Waals surface area contributed by atoms with Gasteiger partial charge in [0.1, 0.15) is 5.76 Å². The van der Waals surface area contributed by atoms with Crippen molar-refractivity contribution in [1.29, 1.82) is 0 Å². The van der Waals surface area contributed by atoms with Gasteiger partial charge in [0.2, 0.25) is 0 Å². The summed E-state index contributed by atoms with van der Waals surface area (Å²) in [5, 5.41) is 13.5. The van der Waals surface area contributed by atoms with E-state index in [1.54, 1.807) is 30.3 Å². The monoisotopic (exact) mass is 230 g/mol. The number of carbonyl (C=O) groups excluding carboxylic acids is 1. The van der Waals surface area contributed by atoms with Gasteiger partial charge in [-0.15, -0.1) is 0 Å². The maximum absolute atomic E-state index is 11.9. The molecule has 2 heterocycles. The Morgan fingerprint density at radius 3 is 2.82 bits per heavy atom. The number of rotatable bonds is 1. The van der Waals surface area contributed by atoms with Crippen LogP contribution in [0.15, 0.2) is 47.1 Å². The predicted octanol–water partition coefficient (Wildman–Crippen LogP) is 2.24. The van der Waals surface area contributed by atoms with Gasteiger partial charge in [-0.1, -0.05) is 12.1 Å². The molecule has 1 amide bonds. The highest BCUT2D eigenvalue weighted by molar-refractivity contribution is 6.00. The summed E-state index contributed by atoms with van der Waals surface area (Å²) in [5.41, 5.74) is 1.13. The van der Waals surface area contributed by atoms with Crippen LogP contribution in [0.4, 0.5) is 5.69 Å². The van der Waals surface area contributed by atoms with Crippen molar-refractivity contribution in [1.82, 2.24) is 5.06 Å².